The quantitative estimate of drug-likeness (QED) is 0.424. The van der Waals surface area contributed by atoms with Gasteiger partial charge in [0.05, 0.1) is 0 Å². The maximum Gasteiger partial charge on any atom is 0.304 e. The van der Waals surface area contributed by atoms with Gasteiger partial charge in [0.15, 0.2) is 11.4 Å². The van der Waals surface area contributed by atoms with E-state index in [0.29, 0.717) is 35.9 Å². The number of allylic oxidation sites excluding steroid dienone is 3. The average molecular weight is 352 g/mol. The lowest BCUT2D eigenvalue weighted by Gasteiger charge is -2.56. The van der Waals surface area contributed by atoms with Gasteiger partial charge in [-0.05, 0) is 74.3 Å². The van der Waals surface area contributed by atoms with Crippen LogP contribution in [0.4, 0.5) is 0 Å². The number of carbonyl (C=O) groups excluding carboxylic acids is 2. The van der Waals surface area contributed by atoms with E-state index < -0.39 is 5.60 Å². The van der Waals surface area contributed by atoms with Crippen molar-refractivity contribution >= 4 is 11.8 Å². The second kappa shape index (κ2) is 6.12. The summed E-state index contributed by atoms with van der Waals surface area (Å²) in [5.74, 6) is 4.99. The SMILES string of the molecule is C#C[C@]1(OC(C)=O)C=C[C@H]2[C@@H]3CCC4=CC(=O)CC[C@@H]4[C@H]3CC[C@@]21CC. The number of rotatable bonds is 2. The van der Waals surface area contributed by atoms with Crippen LogP contribution in [0, 0.1) is 41.4 Å². The molecule has 4 rings (SSSR count). The van der Waals surface area contributed by atoms with Gasteiger partial charge in [0.1, 0.15) is 0 Å². The molecule has 0 N–H and O–H groups in total. The molecule has 0 aromatic heterocycles. The summed E-state index contributed by atoms with van der Waals surface area (Å²) in [7, 11) is 0. The van der Waals surface area contributed by atoms with Crippen molar-refractivity contribution in [3.8, 4) is 12.3 Å². The second-order valence-corrected chi connectivity index (χ2v) is 8.60. The minimum Gasteiger partial charge on any atom is -0.442 e. The van der Waals surface area contributed by atoms with Crippen LogP contribution in [-0.2, 0) is 14.3 Å². The van der Waals surface area contributed by atoms with Gasteiger partial charge in [-0.3, -0.25) is 9.59 Å². The molecule has 138 valence electrons. The Morgan fingerprint density at radius 3 is 2.81 bits per heavy atom. The van der Waals surface area contributed by atoms with E-state index in [0.717, 1.165) is 38.5 Å². The first-order chi connectivity index (χ1) is 12.5. The monoisotopic (exact) mass is 352 g/mol. The predicted molar refractivity (Wildman–Crippen MR) is 99.9 cm³/mol. The van der Waals surface area contributed by atoms with Gasteiger partial charge in [-0.25, -0.2) is 0 Å². The van der Waals surface area contributed by atoms with Crippen molar-refractivity contribution < 1.29 is 14.3 Å². The number of terminal acetylenes is 1. The van der Waals surface area contributed by atoms with Gasteiger partial charge < -0.3 is 4.74 Å². The van der Waals surface area contributed by atoms with Crippen LogP contribution in [0.3, 0.4) is 0 Å². The molecule has 3 heteroatoms. The molecule has 0 unspecified atom stereocenters. The highest BCUT2D eigenvalue weighted by molar-refractivity contribution is 5.91. The predicted octanol–water partition coefficient (Wildman–Crippen LogP) is 4.23. The highest BCUT2D eigenvalue weighted by Crippen LogP contribution is 2.64. The standard InChI is InChI=1S/C23H28O3/c1-4-22-12-10-19-18-9-7-17(25)14-16(18)6-8-20(19)21(22)11-13-23(22,5-2)26-15(3)24/h2,11,13-14,18-21H,4,6-10,12H2,1,3H3/t18-,19+,20+,21-,22-,23-/m0/s1. The van der Waals surface area contributed by atoms with E-state index in [1.807, 2.05) is 12.2 Å². The van der Waals surface area contributed by atoms with E-state index in [9.17, 15) is 9.59 Å². The minimum atomic E-state index is -0.901. The van der Waals surface area contributed by atoms with Crippen molar-refractivity contribution in [2.75, 3.05) is 0 Å². The first-order valence-corrected chi connectivity index (χ1v) is 10.1. The fraction of sp³-hybridized carbons (Fsp3) is 0.652. The van der Waals surface area contributed by atoms with Crippen LogP contribution < -0.4 is 0 Å². The molecule has 0 aromatic rings. The molecule has 2 saturated carbocycles. The Hall–Kier alpha value is -1.82. The third-order valence-corrected chi connectivity index (χ3v) is 7.81. The van der Waals surface area contributed by atoms with E-state index in [-0.39, 0.29) is 11.4 Å². The highest BCUT2D eigenvalue weighted by Gasteiger charge is 2.63. The molecule has 0 bridgehead atoms. The Morgan fingerprint density at radius 1 is 1.31 bits per heavy atom. The van der Waals surface area contributed by atoms with Gasteiger partial charge in [-0.2, -0.15) is 0 Å². The smallest absolute Gasteiger partial charge is 0.304 e. The highest BCUT2D eigenvalue weighted by atomic mass is 16.6. The number of ether oxygens (including phenoxy) is 1. The molecule has 0 aromatic carbocycles. The van der Waals surface area contributed by atoms with Crippen LogP contribution in [-0.4, -0.2) is 17.4 Å². The molecule has 26 heavy (non-hydrogen) atoms. The summed E-state index contributed by atoms with van der Waals surface area (Å²) in [4.78, 5) is 23.6. The van der Waals surface area contributed by atoms with Crippen molar-refractivity contribution in [3.63, 3.8) is 0 Å². The minimum absolute atomic E-state index is 0.180. The van der Waals surface area contributed by atoms with Crippen LogP contribution in [0.1, 0.15) is 58.8 Å². The third kappa shape index (κ3) is 2.27. The normalized spacial score (nSPS) is 43.6. The number of hydrogen-bond acceptors (Lipinski definition) is 3. The summed E-state index contributed by atoms with van der Waals surface area (Å²) < 4.78 is 5.79. The van der Waals surface area contributed by atoms with Crippen molar-refractivity contribution in [2.24, 2.45) is 29.1 Å². The van der Waals surface area contributed by atoms with Gasteiger partial charge in [0.2, 0.25) is 0 Å². The zero-order chi connectivity index (χ0) is 18.5. The molecular formula is C23H28O3. The molecule has 4 aliphatic carbocycles. The van der Waals surface area contributed by atoms with Crippen molar-refractivity contribution in [1.82, 2.24) is 0 Å². The Labute approximate surface area is 156 Å². The molecule has 0 spiro atoms. The summed E-state index contributed by atoms with van der Waals surface area (Å²) in [6.45, 7) is 3.63. The van der Waals surface area contributed by atoms with Crippen LogP contribution in [0.5, 0.6) is 0 Å². The summed E-state index contributed by atoms with van der Waals surface area (Å²) in [5, 5.41) is 0. The second-order valence-electron chi connectivity index (χ2n) is 8.60. The number of hydrogen-bond donors (Lipinski definition) is 0. The number of esters is 1. The Bertz CT molecular complexity index is 739. The number of carbonyl (C=O) groups is 2. The van der Waals surface area contributed by atoms with Gasteiger partial charge in [-0.1, -0.05) is 24.5 Å². The Balaban J connectivity index is 1.69. The van der Waals surface area contributed by atoms with E-state index in [4.69, 9.17) is 11.2 Å². The topological polar surface area (TPSA) is 43.4 Å². The van der Waals surface area contributed by atoms with Crippen molar-refractivity contribution in [1.29, 1.82) is 0 Å². The number of fused-ring (bicyclic) bond motifs is 5. The molecule has 0 radical (unpaired) electrons. The zero-order valence-corrected chi connectivity index (χ0v) is 15.8. The average Bonchev–Trinajstić information content (AvgIpc) is 2.95. The van der Waals surface area contributed by atoms with Crippen molar-refractivity contribution in [2.45, 2.75) is 64.4 Å². The third-order valence-electron chi connectivity index (χ3n) is 7.81. The van der Waals surface area contributed by atoms with Gasteiger partial charge in [0.25, 0.3) is 0 Å². The number of ketones is 1. The molecule has 0 saturated heterocycles. The fourth-order valence-electron chi connectivity index (χ4n) is 6.75. The molecule has 0 heterocycles. The van der Waals surface area contributed by atoms with E-state index in [2.05, 4.69) is 18.9 Å². The maximum absolute atomic E-state index is 11.8. The fourth-order valence-corrected chi connectivity index (χ4v) is 6.75. The van der Waals surface area contributed by atoms with Crippen LogP contribution in [0.2, 0.25) is 0 Å². The molecule has 6 atom stereocenters. The molecule has 3 nitrogen and oxygen atoms in total. The molecule has 0 amide bonds. The lowest BCUT2D eigenvalue weighted by molar-refractivity contribution is -0.165. The Kier molecular flexibility index (Phi) is 4.14. The summed E-state index contributed by atoms with van der Waals surface area (Å²) >= 11 is 0. The first kappa shape index (κ1) is 17.6. The van der Waals surface area contributed by atoms with Gasteiger partial charge >= 0.3 is 5.97 Å². The maximum atomic E-state index is 11.8. The Morgan fingerprint density at radius 2 is 2.12 bits per heavy atom. The lowest BCUT2D eigenvalue weighted by atomic mass is 9.49. The van der Waals surface area contributed by atoms with Gasteiger partial charge in [-0.15, -0.1) is 6.42 Å². The molecule has 4 aliphatic rings. The van der Waals surface area contributed by atoms with Gasteiger partial charge in [0, 0.05) is 18.8 Å². The first-order valence-electron chi connectivity index (χ1n) is 10.1. The summed E-state index contributed by atoms with van der Waals surface area (Å²) in [6.07, 6.45) is 19.0. The van der Waals surface area contributed by atoms with Crippen molar-refractivity contribution in [3.05, 3.63) is 23.8 Å². The van der Waals surface area contributed by atoms with Crippen LogP contribution >= 0.6 is 0 Å². The molecular weight excluding hydrogens is 324 g/mol. The summed E-state index contributed by atoms with van der Waals surface area (Å²) in [6, 6.07) is 0. The van der Waals surface area contributed by atoms with Crippen LogP contribution in [0.15, 0.2) is 23.8 Å². The van der Waals surface area contributed by atoms with E-state index >= 15 is 0 Å². The van der Waals surface area contributed by atoms with E-state index in [1.165, 1.54) is 12.5 Å². The largest absolute Gasteiger partial charge is 0.442 e. The summed E-state index contributed by atoms with van der Waals surface area (Å²) in [5.41, 5.74) is 0.305. The molecule has 0 aliphatic heterocycles. The van der Waals surface area contributed by atoms with E-state index in [1.54, 1.807) is 0 Å². The molecule has 2 fully saturated rings. The lowest BCUT2D eigenvalue weighted by Crippen LogP contribution is -2.55. The zero-order valence-electron chi connectivity index (χ0n) is 15.8. The van der Waals surface area contributed by atoms with Crippen LogP contribution in [0.25, 0.3) is 0 Å².